The first-order chi connectivity index (χ1) is 6.66. The van der Waals surface area contributed by atoms with Crippen LogP contribution in [0.25, 0.3) is 0 Å². The average molecular weight is 275 g/mol. The fourth-order valence-electron chi connectivity index (χ4n) is 2.00. The highest BCUT2D eigenvalue weighted by atomic mass is 79.9. The van der Waals surface area contributed by atoms with Gasteiger partial charge in [0.2, 0.25) is 0 Å². The Kier molecular flexibility index (Phi) is 3.15. The molecule has 2 rings (SSSR count). The van der Waals surface area contributed by atoms with Crippen LogP contribution in [0.4, 0.5) is 0 Å². The molecule has 1 heterocycles. The van der Waals surface area contributed by atoms with Crippen LogP contribution in [0.15, 0.2) is 22.7 Å². The molecule has 0 amide bonds. The van der Waals surface area contributed by atoms with Crippen molar-refractivity contribution in [3.8, 4) is 0 Å². The molecular formula is C11H13BrClN. The minimum atomic E-state index is 0.565. The first kappa shape index (κ1) is 10.5. The molecule has 1 nitrogen and oxygen atoms in total. The maximum Gasteiger partial charge on any atom is 0.0442 e. The molecule has 0 spiro atoms. The van der Waals surface area contributed by atoms with Crippen LogP contribution in [-0.4, -0.2) is 12.6 Å². The van der Waals surface area contributed by atoms with E-state index in [0.717, 1.165) is 16.0 Å². The Morgan fingerprint density at radius 2 is 2.29 bits per heavy atom. The van der Waals surface area contributed by atoms with Gasteiger partial charge in [-0.25, -0.2) is 0 Å². The lowest BCUT2D eigenvalue weighted by Crippen LogP contribution is -2.16. The van der Waals surface area contributed by atoms with E-state index in [9.17, 15) is 0 Å². The van der Waals surface area contributed by atoms with E-state index in [1.165, 1.54) is 12.0 Å². The minimum absolute atomic E-state index is 0.565. The van der Waals surface area contributed by atoms with Gasteiger partial charge in [-0.2, -0.15) is 0 Å². The molecule has 1 aromatic rings. The smallest absolute Gasteiger partial charge is 0.0442 e. The number of nitrogens with one attached hydrogen (secondary N) is 1. The van der Waals surface area contributed by atoms with E-state index in [1.54, 1.807) is 0 Å². The Labute approximate surface area is 98.0 Å². The molecule has 1 aliphatic heterocycles. The molecule has 1 saturated heterocycles. The van der Waals surface area contributed by atoms with Crippen molar-refractivity contribution in [2.75, 3.05) is 6.54 Å². The molecule has 1 aliphatic rings. The van der Waals surface area contributed by atoms with Gasteiger partial charge < -0.3 is 5.32 Å². The Hall–Kier alpha value is -0.0500. The van der Waals surface area contributed by atoms with Gasteiger partial charge in [0.05, 0.1) is 0 Å². The summed E-state index contributed by atoms with van der Waals surface area (Å²) in [4.78, 5) is 0. The summed E-state index contributed by atoms with van der Waals surface area (Å²) in [5, 5.41) is 4.32. The van der Waals surface area contributed by atoms with Gasteiger partial charge in [0.15, 0.2) is 0 Å². The van der Waals surface area contributed by atoms with E-state index in [4.69, 9.17) is 11.6 Å². The third-order valence-corrected chi connectivity index (χ3v) is 3.59. The normalized spacial score (nSPS) is 26.8. The Bertz CT molecular complexity index is 340. The monoisotopic (exact) mass is 273 g/mol. The molecule has 1 N–H and O–H groups in total. The number of hydrogen-bond donors (Lipinski definition) is 1. The lowest BCUT2D eigenvalue weighted by molar-refractivity contribution is 0.658. The summed E-state index contributed by atoms with van der Waals surface area (Å²) in [6, 6.07) is 6.68. The fraction of sp³-hybridized carbons (Fsp3) is 0.455. The molecular weight excluding hydrogens is 261 g/mol. The fourth-order valence-corrected chi connectivity index (χ4v) is 2.65. The average Bonchev–Trinajstić information content (AvgIpc) is 2.56. The molecule has 76 valence electrons. The van der Waals surface area contributed by atoms with Crippen LogP contribution in [0.3, 0.4) is 0 Å². The summed E-state index contributed by atoms with van der Waals surface area (Å²) < 4.78 is 1.11. The standard InChI is InChI=1S/C11H13BrClN/c1-7-4-8(6-14-7)10-5-9(12)2-3-11(10)13/h2-3,5,7-8,14H,4,6H2,1H3. The van der Waals surface area contributed by atoms with Crippen LogP contribution < -0.4 is 5.32 Å². The van der Waals surface area contributed by atoms with E-state index < -0.39 is 0 Å². The topological polar surface area (TPSA) is 12.0 Å². The van der Waals surface area contributed by atoms with E-state index in [-0.39, 0.29) is 0 Å². The maximum absolute atomic E-state index is 6.18. The van der Waals surface area contributed by atoms with Gasteiger partial charge >= 0.3 is 0 Å². The van der Waals surface area contributed by atoms with Crippen molar-refractivity contribution in [1.29, 1.82) is 0 Å². The van der Waals surface area contributed by atoms with Crippen molar-refractivity contribution in [3.63, 3.8) is 0 Å². The molecule has 0 saturated carbocycles. The lowest BCUT2D eigenvalue weighted by atomic mass is 9.97. The van der Waals surface area contributed by atoms with Crippen LogP contribution in [0.1, 0.15) is 24.8 Å². The third-order valence-electron chi connectivity index (χ3n) is 2.75. The predicted molar refractivity (Wildman–Crippen MR) is 64.0 cm³/mol. The van der Waals surface area contributed by atoms with Crippen molar-refractivity contribution in [2.24, 2.45) is 0 Å². The van der Waals surface area contributed by atoms with E-state index in [1.807, 2.05) is 12.1 Å². The summed E-state index contributed by atoms with van der Waals surface area (Å²) >= 11 is 9.65. The first-order valence-electron chi connectivity index (χ1n) is 4.85. The van der Waals surface area contributed by atoms with Gasteiger partial charge in [0, 0.05) is 22.1 Å². The molecule has 14 heavy (non-hydrogen) atoms. The SMILES string of the molecule is CC1CC(c2cc(Br)ccc2Cl)CN1. The van der Waals surface area contributed by atoms with Crippen molar-refractivity contribution < 1.29 is 0 Å². The molecule has 3 heteroatoms. The van der Waals surface area contributed by atoms with E-state index >= 15 is 0 Å². The largest absolute Gasteiger partial charge is 0.314 e. The van der Waals surface area contributed by atoms with Crippen LogP contribution in [0.5, 0.6) is 0 Å². The van der Waals surface area contributed by atoms with Gasteiger partial charge in [-0.3, -0.25) is 0 Å². The van der Waals surface area contributed by atoms with Gasteiger partial charge in [-0.15, -0.1) is 0 Å². The van der Waals surface area contributed by atoms with Gasteiger partial charge in [0.1, 0.15) is 0 Å². The van der Waals surface area contributed by atoms with Crippen molar-refractivity contribution in [1.82, 2.24) is 5.32 Å². The second-order valence-corrected chi connectivity index (χ2v) is 5.23. The summed E-state index contributed by atoms with van der Waals surface area (Å²) in [7, 11) is 0. The quantitative estimate of drug-likeness (QED) is 0.825. The zero-order valence-corrected chi connectivity index (χ0v) is 10.4. The summed E-state index contributed by atoms with van der Waals surface area (Å²) in [6.45, 7) is 3.25. The zero-order chi connectivity index (χ0) is 10.1. The maximum atomic E-state index is 6.18. The highest BCUT2D eigenvalue weighted by molar-refractivity contribution is 9.10. The molecule has 2 atom stereocenters. The second-order valence-electron chi connectivity index (χ2n) is 3.91. The molecule has 0 aromatic heterocycles. The van der Waals surface area contributed by atoms with Crippen molar-refractivity contribution >= 4 is 27.5 Å². The number of benzene rings is 1. The van der Waals surface area contributed by atoms with Gasteiger partial charge in [-0.1, -0.05) is 27.5 Å². The van der Waals surface area contributed by atoms with Crippen LogP contribution in [0, 0.1) is 0 Å². The highest BCUT2D eigenvalue weighted by Gasteiger charge is 2.23. The van der Waals surface area contributed by atoms with Crippen LogP contribution in [0.2, 0.25) is 5.02 Å². The molecule has 1 aromatic carbocycles. The van der Waals surface area contributed by atoms with Gasteiger partial charge in [-0.05, 0) is 43.0 Å². The first-order valence-corrected chi connectivity index (χ1v) is 6.02. The van der Waals surface area contributed by atoms with Crippen LogP contribution in [-0.2, 0) is 0 Å². The Balaban J connectivity index is 2.27. The van der Waals surface area contributed by atoms with Crippen molar-refractivity contribution in [3.05, 3.63) is 33.3 Å². The minimum Gasteiger partial charge on any atom is -0.314 e. The second kappa shape index (κ2) is 4.21. The summed E-state index contributed by atoms with van der Waals surface area (Å²) in [5.41, 5.74) is 1.26. The number of hydrogen-bond acceptors (Lipinski definition) is 1. The molecule has 1 fully saturated rings. The zero-order valence-electron chi connectivity index (χ0n) is 8.06. The molecule has 0 bridgehead atoms. The third kappa shape index (κ3) is 2.13. The van der Waals surface area contributed by atoms with Gasteiger partial charge in [0.25, 0.3) is 0 Å². The summed E-state index contributed by atoms with van der Waals surface area (Å²) in [6.07, 6.45) is 1.18. The highest BCUT2D eigenvalue weighted by Crippen LogP contribution is 2.32. The van der Waals surface area contributed by atoms with Crippen LogP contribution >= 0.6 is 27.5 Å². The predicted octanol–water partition coefficient (Wildman–Crippen LogP) is 3.57. The van der Waals surface area contributed by atoms with E-state index in [2.05, 4.69) is 34.2 Å². The molecule has 0 aliphatic carbocycles. The number of rotatable bonds is 1. The Morgan fingerprint density at radius 1 is 1.50 bits per heavy atom. The lowest BCUT2D eigenvalue weighted by Gasteiger charge is -2.11. The van der Waals surface area contributed by atoms with Crippen molar-refractivity contribution in [2.45, 2.75) is 25.3 Å². The molecule has 0 radical (unpaired) electrons. The number of halogens is 2. The van der Waals surface area contributed by atoms with E-state index in [0.29, 0.717) is 12.0 Å². The summed E-state index contributed by atoms with van der Waals surface area (Å²) in [5.74, 6) is 0.565. The Morgan fingerprint density at radius 3 is 2.93 bits per heavy atom. The molecule has 2 unspecified atom stereocenters.